The van der Waals surface area contributed by atoms with Crippen LogP contribution in [0.25, 0.3) is 22.3 Å². The van der Waals surface area contributed by atoms with E-state index >= 15 is 0 Å². The average Bonchev–Trinajstić information content (AvgIpc) is 2.46. The average molecular weight is 300 g/mol. The topological polar surface area (TPSA) is 47.8 Å². The Balaban J connectivity index is 2.41. The van der Waals surface area contributed by atoms with Gasteiger partial charge in [0.1, 0.15) is 5.65 Å². The van der Waals surface area contributed by atoms with E-state index in [9.17, 15) is 4.79 Å². The van der Waals surface area contributed by atoms with E-state index in [0.717, 1.165) is 10.9 Å². The zero-order valence-corrected chi connectivity index (χ0v) is 12.5. The van der Waals surface area contributed by atoms with Crippen molar-refractivity contribution in [1.29, 1.82) is 0 Å². The Morgan fingerprint density at radius 3 is 2.71 bits per heavy atom. The molecule has 0 aliphatic rings. The maximum atomic E-state index is 12.3. The van der Waals surface area contributed by atoms with Gasteiger partial charge in [0.15, 0.2) is 0 Å². The van der Waals surface area contributed by atoms with Crippen LogP contribution in [0.4, 0.5) is 0 Å². The molecular formula is C16H14ClN3O. The molecule has 0 N–H and O–H groups in total. The molecule has 5 heteroatoms. The number of halogens is 1. The molecule has 2 aromatic heterocycles. The second-order valence-electron chi connectivity index (χ2n) is 5.09. The van der Waals surface area contributed by atoms with Gasteiger partial charge in [0.25, 0.3) is 0 Å². The molecule has 0 radical (unpaired) electrons. The molecule has 21 heavy (non-hydrogen) atoms. The second-order valence-corrected chi connectivity index (χ2v) is 5.53. The van der Waals surface area contributed by atoms with Crippen molar-refractivity contribution in [3.05, 3.63) is 58.1 Å². The number of hydrogen-bond acceptors (Lipinski definition) is 3. The van der Waals surface area contributed by atoms with Gasteiger partial charge in [-0.3, -0.25) is 4.57 Å². The molecule has 0 spiro atoms. The molecule has 0 saturated heterocycles. The lowest BCUT2D eigenvalue weighted by Gasteiger charge is -2.14. The highest BCUT2D eigenvalue weighted by atomic mass is 35.5. The summed E-state index contributed by atoms with van der Waals surface area (Å²) in [5, 5.41) is 1.45. The highest BCUT2D eigenvalue weighted by molar-refractivity contribution is 6.30. The van der Waals surface area contributed by atoms with Crippen molar-refractivity contribution in [1.82, 2.24) is 14.5 Å². The molecule has 0 amide bonds. The van der Waals surface area contributed by atoms with Crippen LogP contribution in [-0.2, 0) is 0 Å². The molecule has 3 aromatic rings. The van der Waals surface area contributed by atoms with Gasteiger partial charge in [0.2, 0.25) is 0 Å². The van der Waals surface area contributed by atoms with Crippen molar-refractivity contribution in [2.75, 3.05) is 0 Å². The molecule has 106 valence electrons. The summed E-state index contributed by atoms with van der Waals surface area (Å²) < 4.78 is 1.60. The van der Waals surface area contributed by atoms with Crippen molar-refractivity contribution in [2.45, 2.75) is 19.9 Å². The van der Waals surface area contributed by atoms with Gasteiger partial charge in [0.05, 0.1) is 5.69 Å². The Kier molecular flexibility index (Phi) is 3.47. The Morgan fingerprint density at radius 1 is 1.19 bits per heavy atom. The number of benzene rings is 1. The summed E-state index contributed by atoms with van der Waals surface area (Å²) in [6.45, 7) is 3.88. The number of nitrogens with zero attached hydrogens (tertiary/aromatic N) is 3. The van der Waals surface area contributed by atoms with Gasteiger partial charge >= 0.3 is 5.69 Å². The van der Waals surface area contributed by atoms with Crippen LogP contribution >= 0.6 is 11.6 Å². The number of aromatic nitrogens is 3. The normalized spacial score (nSPS) is 11.2. The fourth-order valence-electron chi connectivity index (χ4n) is 2.40. The summed E-state index contributed by atoms with van der Waals surface area (Å²) in [4.78, 5) is 20.9. The van der Waals surface area contributed by atoms with Crippen LogP contribution in [0.15, 0.2) is 47.4 Å². The minimum absolute atomic E-state index is 0.00388. The predicted molar refractivity (Wildman–Crippen MR) is 84.6 cm³/mol. The number of pyridine rings is 1. The van der Waals surface area contributed by atoms with E-state index < -0.39 is 0 Å². The predicted octanol–water partition coefficient (Wildman–Crippen LogP) is 3.69. The first-order valence-electron chi connectivity index (χ1n) is 6.71. The summed E-state index contributed by atoms with van der Waals surface area (Å²) in [6, 6.07) is 11.1. The largest absolute Gasteiger partial charge is 0.350 e. The molecular weight excluding hydrogens is 286 g/mol. The molecule has 3 rings (SSSR count). The maximum absolute atomic E-state index is 12.3. The van der Waals surface area contributed by atoms with E-state index in [1.807, 2.05) is 38.1 Å². The molecule has 0 aliphatic heterocycles. The molecule has 1 aromatic carbocycles. The smallest absolute Gasteiger partial charge is 0.273 e. The molecule has 0 aliphatic carbocycles. The first kappa shape index (κ1) is 13.8. The Hall–Kier alpha value is -2.20. The van der Waals surface area contributed by atoms with Crippen molar-refractivity contribution in [2.24, 2.45) is 0 Å². The third kappa shape index (κ3) is 2.43. The van der Waals surface area contributed by atoms with Gasteiger partial charge in [-0.15, -0.1) is 0 Å². The van der Waals surface area contributed by atoms with E-state index in [-0.39, 0.29) is 11.7 Å². The van der Waals surface area contributed by atoms with E-state index in [2.05, 4.69) is 9.97 Å². The standard InChI is InChI=1S/C16H14ClN3O/c1-10(2)20-15-13(7-4-8-18-15)14(19-16(20)21)11-5-3-6-12(17)9-11/h3-10H,1-2H3. The van der Waals surface area contributed by atoms with Crippen LogP contribution < -0.4 is 5.69 Å². The lowest BCUT2D eigenvalue weighted by atomic mass is 10.1. The van der Waals surface area contributed by atoms with Crippen molar-refractivity contribution >= 4 is 22.6 Å². The SMILES string of the molecule is CC(C)n1c(=O)nc(-c2cccc(Cl)c2)c2cccnc21. The fourth-order valence-corrected chi connectivity index (χ4v) is 2.59. The Morgan fingerprint density at radius 2 is 2.00 bits per heavy atom. The maximum Gasteiger partial charge on any atom is 0.350 e. The van der Waals surface area contributed by atoms with Crippen LogP contribution in [0.1, 0.15) is 19.9 Å². The van der Waals surface area contributed by atoms with Gasteiger partial charge in [0, 0.05) is 28.2 Å². The van der Waals surface area contributed by atoms with Gasteiger partial charge in [-0.2, -0.15) is 4.98 Å². The highest BCUT2D eigenvalue weighted by Gasteiger charge is 2.14. The van der Waals surface area contributed by atoms with Gasteiger partial charge < -0.3 is 0 Å². The lowest BCUT2D eigenvalue weighted by Crippen LogP contribution is -2.26. The number of rotatable bonds is 2. The zero-order valence-electron chi connectivity index (χ0n) is 11.7. The van der Waals surface area contributed by atoms with Crippen LogP contribution in [0.3, 0.4) is 0 Å². The molecule has 2 heterocycles. The summed E-state index contributed by atoms with van der Waals surface area (Å²) >= 11 is 6.04. The van der Waals surface area contributed by atoms with Crippen LogP contribution in [0, 0.1) is 0 Å². The molecule has 0 atom stereocenters. The van der Waals surface area contributed by atoms with Crippen molar-refractivity contribution in [3.8, 4) is 11.3 Å². The minimum atomic E-state index is -0.300. The molecule has 4 nitrogen and oxygen atoms in total. The van der Waals surface area contributed by atoms with Gasteiger partial charge in [-0.1, -0.05) is 23.7 Å². The number of hydrogen-bond donors (Lipinski definition) is 0. The van der Waals surface area contributed by atoms with Crippen molar-refractivity contribution < 1.29 is 0 Å². The third-order valence-electron chi connectivity index (χ3n) is 3.30. The van der Waals surface area contributed by atoms with E-state index in [4.69, 9.17) is 11.6 Å². The first-order chi connectivity index (χ1) is 10.1. The second kappa shape index (κ2) is 5.30. The Labute approximate surface area is 127 Å². The van der Waals surface area contributed by atoms with E-state index in [0.29, 0.717) is 16.4 Å². The van der Waals surface area contributed by atoms with E-state index in [1.54, 1.807) is 22.9 Å². The monoisotopic (exact) mass is 299 g/mol. The molecule has 0 bridgehead atoms. The summed E-state index contributed by atoms with van der Waals surface area (Å²) in [5.74, 6) is 0. The Bertz CT molecular complexity index is 871. The zero-order chi connectivity index (χ0) is 15.0. The van der Waals surface area contributed by atoms with E-state index in [1.165, 1.54) is 0 Å². The summed E-state index contributed by atoms with van der Waals surface area (Å²) in [7, 11) is 0. The van der Waals surface area contributed by atoms with Gasteiger partial charge in [-0.05, 0) is 38.1 Å². The summed E-state index contributed by atoms with van der Waals surface area (Å²) in [6.07, 6.45) is 1.68. The van der Waals surface area contributed by atoms with Gasteiger partial charge in [-0.25, -0.2) is 9.78 Å². The summed E-state index contributed by atoms with van der Waals surface area (Å²) in [5.41, 5.74) is 1.77. The first-order valence-corrected chi connectivity index (χ1v) is 7.09. The molecule has 0 unspecified atom stereocenters. The molecule has 0 saturated carbocycles. The van der Waals surface area contributed by atoms with Crippen molar-refractivity contribution in [3.63, 3.8) is 0 Å². The minimum Gasteiger partial charge on any atom is -0.273 e. The quantitative estimate of drug-likeness (QED) is 0.725. The number of fused-ring (bicyclic) bond motifs is 1. The van der Waals surface area contributed by atoms with Crippen LogP contribution in [0.5, 0.6) is 0 Å². The fraction of sp³-hybridized carbons (Fsp3) is 0.188. The third-order valence-corrected chi connectivity index (χ3v) is 3.53. The lowest BCUT2D eigenvalue weighted by molar-refractivity contribution is 0.582. The highest BCUT2D eigenvalue weighted by Crippen LogP contribution is 2.27. The van der Waals surface area contributed by atoms with Crippen LogP contribution in [-0.4, -0.2) is 14.5 Å². The molecule has 0 fully saturated rings. The van der Waals surface area contributed by atoms with Crippen LogP contribution in [0.2, 0.25) is 5.02 Å².